The first-order chi connectivity index (χ1) is 10.8. The number of sulfonamides is 1. The molecule has 0 atom stereocenters. The molecule has 23 heavy (non-hydrogen) atoms. The van der Waals surface area contributed by atoms with Gasteiger partial charge in [0, 0.05) is 5.39 Å². The Morgan fingerprint density at radius 3 is 2.35 bits per heavy atom. The third kappa shape index (κ3) is 3.00. The largest absolute Gasteiger partial charge is 0.508 e. The number of H-pyrrole nitrogens is 1. The number of azo groups is 1. The Hall–Kier alpha value is -2.91. The molecule has 4 N–H and O–H groups in total. The van der Waals surface area contributed by atoms with Crippen LogP contribution >= 0.6 is 0 Å². The topological polar surface area (TPSA) is 139 Å². The summed E-state index contributed by atoms with van der Waals surface area (Å²) in [5.74, 6) is -0.169. The van der Waals surface area contributed by atoms with E-state index in [1.807, 2.05) is 0 Å². The average Bonchev–Trinajstić information content (AvgIpc) is 2.79. The fraction of sp³-hybridized carbons (Fsp3) is 0. The zero-order chi connectivity index (χ0) is 16.6. The van der Waals surface area contributed by atoms with Crippen LogP contribution in [0.25, 0.3) is 10.9 Å². The Balaban J connectivity index is 1.97. The van der Waals surface area contributed by atoms with E-state index in [1.54, 1.807) is 6.07 Å². The molecule has 9 heteroatoms. The molecule has 0 aliphatic heterocycles. The van der Waals surface area contributed by atoms with Crippen LogP contribution in [0.3, 0.4) is 0 Å². The van der Waals surface area contributed by atoms with Crippen LogP contribution in [0, 0.1) is 0 Å². The summed E-state index contributed by atoms with van der Waals surface area (Å²) in [4.78, 5) is 2.56. The standard InChI is InChI=1S/C14H11N4O4S/c15-23(21,22)10-4-1-8(2-5-10)17-18-13-11-7-9(19)3-6-12(11)16-14(13)20/h1-7,15-16,19-20H. The maximum atomic E-state index is 11.1. The molecule has 0 spiro atoms. The van der Waals surface area contributed by atoms with Crippen molar-refractivity contribution in [1.82, 2.24) is 10.1 Å². The number of aromatic hydroxyl groups is 2. The van der Waals surface area contributed by atoms with Crippen molar-refractivity contribution in [2.45, 2.75) is 4.90 Å². The molecule has 1 radical (unpaired) electrons. The number of fused-ring (bicyclic) bond motifs is 1. The fourth-order valence-electron chi connectivity index (χ4n) is 2.05. The number of phenolic OH excluding ortho intramolecular Hbond substituents is 1. The Labute approximate surface area is 131 Å². The monoisotopic (exact) mass is 331 g/mol. The highest BCUT2D eigenvalue weighted by atomic mass is 32.2. The Bertz CT molecular complexity index is 1010. The molecule has 0 aliphatic rings. The third-order valence-electron chi connectivity index (χ3n) is 3.15. The minimum Gasteiger partial charge on any atom is -0.508 e. The van der Waals surface area contributed by atoms with Gasteiger partial charge in [0.2, 0.25) is 5.88 Å². The van der Waals surface area contributed by atoms with Crippen molar-refractivity contribution in [3.63, 3.8) is 0 Å². The molecule has 0 saturated carbocycles. The summed E-state index contributed by atoms with van der Waals surface area (Å²) in [6.07, 6.45) is 0. The van der Waals surface area contributed by atoms with Crippen molar-refractivity contribution in [3.8, 4) is 11.6 Å². The molecule has 3 rings (SSSR count). The van der Waals surface area contributed by atoms with Crippen LogP contribution in [-0.4, -0.2) is 23.6 Å². The minimum absolute atomic E-state index is 0.0259. The molecule has 0 amide bonds. The van der Waals surface area contributed by atoms with Crippen molar-refractivity contribution in [1.29, 1.82) is 0 Å². The van der Waals surface area contributed by atoms with E-state index in [9.17, 15) is 18.6 Å². The van der Waals surface area contributed by atoms with Gasteiger partial charge in [0.25, 0.3) is 10.0 Å². The number of rotatable bonds is 3. The number of nitrogens with zero attached hydrogens (tertiary/aromatic N) is 2. The number of aromatic nitrogens is 1. The van der Waals surface area contributed by atoms with Crippen LogP contribution in [0.5, 0.6) is 11.6 Å². The van der Waals surface area contributed by atoms with Gasteiger partial charge in [-0.15, -0.1) is 10.3 Å². The zero-order valence-corrected chi connectivity index (χ0v) is 12.4. The summed E-state index contributed by atoms with van der Waals surface area (Å²) in [5.41, 5.74) is 1.10. The first-order valence-corrected chi connectivity index (χ1v) is 7.88. The van der Waals surface area contributed by atoms with Crippen molar-refractivity contribution in [3.05, 3.63) is 42.5 Å². The maximum Gasteiger partial charge on any atom is 0.254 e. The normalized spacial score (nSPS) is 12.2. The van der Waals surface area contributed by atoms with Crippen LogP contribution in [0.1, 0.15) is 0 Å². The summed E-state index contributed by atoms with van der Waals surface area (Å²) in [6, 6.07) is 9.80. The SMILES string of the molecule is [NH]S(=O)(=O)c1ccc(N=Nc2c(O)[nH]c3ccc(O)cc23)cc1. The van der Waals surface area contributed by atoms with Gasteiger partial charge in [0.15, 0.2) is 5.69 Å². The van der Waals surface area contributed by atoms with Crippen LogP contribution in [0.4, 0.5) is 11.4 Å². The van der Waals surface area contributed by atoms with Gasteiger partial charge in [-0.3, -0.25) is 0 Å². The third-order valence-corrected chi connectivity index (χ3v) is 4.04. The van der Waals surface area contributed by atoms with Crippen molar-refractivity contribution in [2.24, 2.45) is 10.2 Å². The lowest BCUT2D eigenvalue weighted by atomic mass is 10.2. The van der Waals surface area contributed by atoms with E-state index >= 15 is 0 Å². The smallest absolute Gasteiger partial charge is 0.254 e. The van der Waals surface area contributed by atoms with Crippen LogP contribution in [0.15, 0.2) is 57.6 Å². The highest BCUT2D eigenvalue weighted by molar-refractivity contribution is 7.88. The van der Waals surface area contributed by atoms with E-state index < -0.39 is 10.0 Å². The van der Waals surface area contributed by atoms with Crippen LogP contribution in [0.2, 0.25) is 0 Å². The number of aromatic amines is 1. The van der Waals surface area contributed by atoms with Gasteiger partial charge in [-0.1, -0.05) is 0 Å². The molecule has 0 bridgehead atoms. The first kappa shape index (κ1) is 15.0. The Morgan fingerprint density at radius 1 is 1.00 bits per heavy atom. The molecule has 2 aromatic carbocycles. The van der Waals surface area contributed by atoms with Gasteiger partial charge in [-0.05, 0) is 42.5 Å². The highest BCUT2D eigenvalue weighted by Crippen LogP contribution is 2.37. The van der Waals surface area contributed by atoms with Gasteiger partial charge in [0.05, 0.1) is 16.1 Å². The summed E-state index contributed by atoms with van der Waals surface area (Å²) in [6.45, 7) is 0. The quantitative estimate of drug-likeness (QED) is 0.635. The van der Waals surface area contributed by atoms with Crippen LogP contribution < -0.4 is 5.14 Å². The highest BCUT2D eigenvalue weighted by Gasteiger charge is 2.11. The lowest BCUT2D eigenvalue weighted by Gasteiger charge is -1.97. The lowest BCUT2D eigenvalue weighted by Crippen LogP contribution is -1.99. The molecular formula is C14H11N4O4S. The number of phenols is 1. The molecule has 1 heterocycles. The molecule has 8 nitrogen and oxygen atoms in total. The van der Waals surface area contributed by atoms with Gasteiger partial charge < -0.3 is 15.2 Å². The molecular weight excluding hydrogens is 320 g/mol. The van der Waals surface area contributed by atoms with Crippen molar-refractivity contribution >= 4 is 32.3 Å². The fourth-order valence-corrected chi connectivity index (χ4v) is 2.55. The van der Waals surface area contributed by atoms with Crippen LogP contribution in [-0.2, 0) is 10.0 Å². The van der Waals surface area contributed by atoms with Crippen molar-refractivity contribution < 1.29 is 18.6 Å². The summed E-state index contributed by atoms with van der Waals surface area (Å²) in [7, 11) is -4.01. The van der Waals surface area contributed by atoms with E-state index in [4.69, 9.17) is 5.14 Å². The summed E-state index contributed by atoms with van der Waals surface area (Å²) < 4.78 is 22.1. The average molecular weight is 331 g/mol. The Morgan fingerprint density at radius 2 is 1.70 bits per heavy atom. The second-order valence-electron chi connectivity index (χ2n) is 4.75. The molecule has 3 aromatic rings. The predicted molar refractivity (Wildman–Crippen MR) is 82.5 cm³/mol. The summed E-state index contributed by atoms with van der Waals surface area (Å²) >= 11 is 0. The first-order valence-electron chi connectivity index (χ1n) is 6.40. The molecule has 0 aliphatic carbocycles. The van der Waals surface area contributed by atoms with E-state index in [2.05, 4.69) is 15.2 Å². The van der Waals surface area contributed by atoms with Gasteiger partial charge in [0.1, 0.15) is 5.75 Å². The van der Waals surface area contributed by atoms with E-state index in [0.29, 0.717) is 16.6 Å². The van der Waals surface area contributed by atoms with Gasteiger partial charge in [-0.25, -0.2) is 8.42 Å². The van der Waals surface area contributed by atoms with Gasteiger partial charge >= 0.3 is 0 Å². The van der Waals surface area contributed by atoms with E-state index in [0.717, 1.165) is 0 Å². The number of hydrogen-bond donors (Lipinski definition) is 3. The summed E-state index contributed by atoms with van der Waals surface area (Å²) in [5, 5.41) is 34.7. The zero-order valence-electron chi connectivity index (χ0n) is 11.6. The van der Waals surface area contributed by atoms with Gasteiger partial charge in [-0.2, -0.15) is 5.11 Å². The molecule has 0 unspecified atom stereocenters. The number of hydrogen-bond acceptors (Lipinski definition) is 6. The number of nitrogens with one attached hydrogen (secondary N) is 2. The molecule has 0 saturated heterocycles. The van der Waals surface area contributed by atoms with E-state index in [-0.39, 0.29) is 22.2 Å². The van der Waals surface area contributed by atoms with E-state index in [1.165, 1.54) is 36.4 Å². The minimum atomic E-state index is -4.01. The predicted octanol–water partition coefficient (Wildman–Crippen LogP) is 2.97. The molecule has 1 aromatic heterocycles. The van der Waals surface area contributed by atoms with Crippen molar-refractivity contribution in [2.75, 3.05) is 0 Å². The molecule has 117 valence electrons. The number of benzene rings is 2. The Kier molecular flexibility index (Phi) is 3.51. The molecule has 0 fully saturated rings. The second-order valence-corrected chi connectivity index (χ2v) is 6.23. The lowest BCUT2D eigenvalue weighted by molar-refractivity contribution is 0.459. The second kappa shape index (κ2) is 5.38. The maximum absolute atomic E-state index is 11.1.